The smallest absolute Gasteiger partial charge is 0.264 e. The molecule has 0 bridgehead atoms. The Labute approximate surface area is 175 Å². The van der Waals surface area contributed by atoms with Crippen molar-refractivity contribution in [1.29, 1.82) is 0 Å². The number of carbonyl (C=O) groups excluding carboxylic acids is 1. The topological polar surface area (TPSA) is 94.6 Å². The SMILES string of the molecule is COc1cccc2c1[C@@H](C(=O)NS(=O)(=O)c1cccc3ncccc13)CC(C)(C)O2. The molecule has 2 aromatic carbocycles. The van der Waals surface area contributed by atoms with Crippen LogP contribution in [0.3, 0.4) is 0 Å². The highest BCUT2D eigenvalue weighted by Crippen LogP contribution is 2.45. The molecule has 1 aliphatic rings. The van der Waals surface area contributed by atoms with Gasteiger partial charge in [0.1, 0.15) is 17.1 Å². The molecule has 4 rings (SSSR count). The van der Waals surface area contributed by atoms with E-state index in [-0.39, 0.29) is 4.90 Å². The molecule has 0 spiro atoms. The van der Waals surface area contributed by atoms with E-state index in [2.05, 4.69) is 9.71 Å². The summed E-state index contributed by atoms with van der Waals surface area (Å²) in [6, 6.07) is 13.4. The maximum atomic E-state index is 13.2. The Bertz CT molecular complexity index is 1230. The van der Waals surface area contributed by atoms with Gasteiger partial charge in [0.15, 0.2) is 0 Å². The first-order valence-corrected chi connectivity index (χ1v) is 11.0. The van der Waals surface area contributed by atoms with Gasteiger partial charge in [0.05, 0.1) is 23.4 Å². The summed E-state index contributed by atoms with van der Waals surface area (Å²) in [6.07, 6.45) is 1.89. The van der Waals surface area contributed by atoms with Crippen LogP contribution in [0.1, 0.15) is 31.7 Å². The van der Waals surface area contributed by atoms with E-state index < -0.39 is 27.4 Å². The highest BCUT2D eigenvalue weighted by Gasteiger charge is 2.40. The first-order valence-electron chi connectivity index (χ1n) is 9.48. The molecule has 8 heteroatoms. The molecule has 1 aromatic heterocycles. The maximum Gasteiger partial charge on any atom is 0.264 e. The molecule has 0 radical (unpaired) electrons. The minimum absolute atomic E-state index is 0.00743. The monoisotopic (exact) mass is 426 g/mol. The second-order valence-corrected chi connectivity index (χ2v) is 9.44. The van der Waals surface area contributed by atoms with Gasteiger partial charge in [0, 0.05) is 23.6 Å². The molecule has 0 saturated heterocycles. The number of sulfonamides is 1. The second kappa shape index (κ2) is 7.28. The zero-order chi connectivity index (χ0) is 21.5. The van der Waals surface area contributed by atoms with Crippen LogP contribution in [0.25, 0.3) is 10.9 Å². The molecule has 0 fully saturated rings. The predicted molar refractivity (Wildman–Crippen MR) is 112 cm³/mol. The van der Waals surface area contributed by atoms with Gasteiger partial charge in [-0.05, 0) is 50.2 Å². The van der Waals surface area contributed by atoms with Crippen LogP contribution in [0.5, 0.6) is 11.5 Å². The van der Waals surface area contributed by atoms with Crippen LogP contribution >= 0.6 is 0 Å². The van der Waals surface area contributed by atoms with Gasteiger partial charge in [-0.1, -0.05) is 12.1 Å². The van der Waals surface area contributed by atoms with E-state index in [4.69, 9.17) is 9.47 Å². The van der Waals surface area contributed by atoms with Crippen LogP contribution in [0, 0.1) is 0 Å². The van der Waals surface area contributed by atoms with Crippen molar-refractivity contribution >= 4 is 26.8 Å². The van der Waals surface area contributed by atoms with Gasteiger partial charge in [-0.3, -0.25) is 9.78 Å². The number of methoxy groups -OCH3 is 1. The van der Waals surface area contributed by atoms with Crippen LogP contribution in [0.4, 0.5) is 0 Å². The van der Waals surface area contributed by atoms with E-state index in [1.165, 1.54) is 13.2 Å². The van der Waals surface area contributed by atoms with Crippen molar-refractivity contribution in [3.05, 3.63) is 60.3 Å². The molecule has 2 heterocycles. The number of nitrogens with one attached hydrogen (secondary N) is 1. The van der Waals surface area contributed by atoms with Crippen LogP contribution in [-0.2, 0) is 14.8 Å². The molecular weight excluding hydrogens is 404 g/mol. The zero-order valence-electron chi connectivity index (χ0n) is 16.9. The van der Waals surface area contributed by atoms with Crippen molar-refractivity contribution in [3.63, 3.8) is 0 Å². The summed E-state index contributed by atoms with van der Waals surface area (Å²) in [5.41, 5.74) is 0.438. The molecule has 3 aromatic rings. The minimum Gasteiger partial charge on any atom is -0.496 e. The number of hydrogen-bond donors (Lipinski definition) is 1. The number of rotatable bonds is 4. The largest absolute Gasteiger partial charge is 0.496 e. The third-order valence-corrected chi connectivity index (χ3v) is 6.53. The number of ether oxygens (including phenoxy) is 2. The Hall–Kier alpha value is -3.13. The van der Waals surface area contributed by atoms with Gasteiger partial charge in [-0.15, -0.1) is 0 Å². The van der Waals surface area contributed by atoms with Gasteiger partial charge in [0.25, 0.3) is 10.0 Å². The third kappa shape index (κ3) is 3.59. The van der Waals surface area contributed by atoms with Crippen molar-refractivity contribution in [2.75, 3.05) is 7.11 Å². The number of pyridine rings is 1. The Kier molecular flexibility index (Phi) is 4.89. The number of hydrogen-bond acceptors (Lipinski definition) is 6. The number of aromatic nitrogens is 1. The number of nitrogens with zero attached hydrogens (tertiary/aromatic N) is 1. The van der Waals surface area contributed by atoms with Crippen molar-refractivity contribution in [1.82, 2.24) is 9.71 Å². The molecule has 0 unspecified atom stereocenters. The molecule has 0 saturated carbocycles. The molecule has 1 atom stereocenters. The number of amides is 1. The molecule has 0 aliphatic carbocycles. The summed E-state index contributed by atoms with van der Waals surface area (Å²) in [5, 5.41) is 0.450. The second-order valence-electron chi connectivity index (χ2n) is 7.79. The average molecular weight is 426 g/mol. The molecule has 7 nitrogen and oxygen atoms in total. The lowest BCUT2D eigenvalue weighted by Crippen LogP contribution is -2.42. The first-order chi connectivity index (χ1) is 14.2. The maximum absolute atomic E-state index is 13.2. The van der Waals surface area contributed by atoms with Crippen LogP contribution in [0.15, 0.2) is 59.6 Å². The summed E-state index contributed by atoms with van der Waals surface area (Å²) in [7, 11) is -2.61. The fourth-order valence-corrected chi connectivity index (χ4v) is 5.10. The van der Waals surface area contributed by atoms with E-state index in [9.17, 15) is 13.2 Å². The standard InChI is InChI=1S/C22H22N2O5S/c1-22(2)13-15(20-17(28-3)9-5-10-18(20)29-22)21(25)24-30(26,27)19-11-4-8-16-14(19)7-6-12-23-16/h4-12,15H,13H2,1-3H3,(H,24,25)/t15-/m0/s1. The summed E-state index contributed by atoms with van der Waals surface area (Å²) < 4.78 is 39.9. The number of benzene rings is 2. The Morgan fingerprint density at radius 2 is 1.93 bits per heavy atom. The third-order valence-electron chi connectivity index (χ3n) is 5.12. The molecular formula is C22H22N2O5S. The van der Waals surface area contributed by atoms with E-state index in [0.717, 1.165) is 0 Å². The summed E-state index contributed by atoms with van der Waals surface area (Å²) >= 11 is 0. The van der Waals surface area contributed by atoms with Crippen LogP contribution in [-0.4, -0.2) is 32.0 Å². The zero-order valence-corrected chi connectivity index (χ0v) is 17.7. The van der Waals surface area contributed by atoms with E-state index in [0.29, 0.717) is 34.4 Å². The fourth-order valence-electron chi connectivity index (χ4n) is 3.86. The molecule has 156 valence electrons. The van der Waals surface area contributed by atoms with E-state index in [1.807, 2.05) is 13.8 Å². The molecule has 30 heavy (non-hydrogen) atoms. The van der Waals surface area contributed by atoms with Gasteiger partial charge >= 0.3 is 0 Å². The highest BCUT2D eigenvalue weighted by atomic mass is 32.2. The molecule has 1 amide bonds. The van der Waals surface area contributed by atoms with Crippen molar-refractivity contribution < 1.29 is 22.7 Å². The first kappa shape index (κ1) is 20.2. The summed E-state index contributed by atoms with van der Waals surface area (Å²) in [5.74, 6) is -0.381. The lowest BCUT2D eigenvalue weighted by atomic mass is 9.83. The summed E-state index contributed by atoms with van der Waals surface area (Å²) in [6.45, 7) is 3.72. The Morgan fingerprint density at radius 1 is 1.17 bits per heavy atom. The van der Waals surface area contributed by atoms with Crippen molar-refractivity contribution in [3.8, 4) is 11.5 Å². The fraction of sp³-hybridized carbons (Fsp3) is 0.273. The number of fused-ring (bicyclic) bond motifs is 2. The van der Waals surface area contributed by atoms with Gasteiger partial charge in [-0.25, -0.2) is 13.1 Å². The number of carbonyl (C=O) groups is 1. The highest BCUT2D eigenvalue weighted by molar-refractivity contribution is 7.90. The quantitative estimate of drug-likeness (QED) is 0.687. The van der Waals surface area contributed by atoms with Crippen molar-refractivity contribution in [2.45, 2.75) is 36.7 Å². The molecule has 1 N–H and O–H groups in total. The van der Waals surface area contributed by atoms with Gasteiger partial charge < -0.3 is 9.47 Å². The Morgan fingerprint density at radius 3 is 2.70 bits per heavy atom. The van der Waals surface area contributed by atoms with Gasteiger partial charge in [0.2, 0.25) is 5.91 Å². The average Bonchev–Trinajstić information content (AvgIpc) is 2.71. The lowest BCUT2D eigenvalue weighted by molar-refractivity contribution is -0.122. The van der Waals surface area contributed by atoms with Crippen molar-refractivity contribution in [2.24, 2.45) is 0 Å². The summed E-state index contributed by atoms with van der Waals surface area (Å²) in [4.78, 5) is 17.4. The van der Waals surface area contributed by atoms with E-state index >= 15 is 0 Å². The van der Waals surface area contributed by atoms with Gasteiger partial charge in [-0.2, -0.15) is 0 Å². The normalized spacial score (nSPS) is 17.6. The lowest BCUT2D eigenvalue weighted by Gasteiger charge is -2.37. The predicted octanol–water partition coefficient (Wildman–Crippen LogP) is 3.39. The van der Waals surface area contributed by atoms with Crippen LogP contribution < -0.4 is 14.2 Å². The van der Waals surface area contributed by atoms with E-state index in [1.54, 1.807) is 48.7 Å². The molecule has 1 aliphatic heterocycles. The minimum atomic E-state index is -4.12. The Balaban J connectivity index is 1.74. The van der Waals surface area contributed by atoms with Crippen LogP contribution in [0.2, 0.25) is 0 Å².